The molecule has 1 atom stereocenters. The van der Waals surface area contributed by atoms with Gasteiger partial charge in [0.1, 0.15) is 5.54 Å². The maximum Gasteiger partial charge on any atom is 0.329 e. The lowest BCUT2D eigenvalue weighted by atomic mass is 9.75. The average Bonchev–Trinajstić information content (AvgIpc) is 2.59. The lowest BCUT2D eigenvalue weighted by Gasteiger charge is -2.36. The van der Waals surface area contributed by atoms with Gasteiger partial charge in [-0.15, -0.1) is 0 Å². The van der Waals surface area contributed by atoms with Gasteiger partial charge in [0.15, 0.2) is 11.5 Å². The standard InChI is InChI=1S/C18H26N2O5/c1-5-12-13-6-7-18(17(22)23,20-15(21)10-19-2)9-11(13)8-14(24-3)16(12)25-4/h8,19H,5-7,9-10H2,1-4H3,(H,20,21)(H,22,23). The van der Waals surface area contributed by atoms with Crippen LogP contribution >= 0.6 is 0 Å². The number of benzene rings is 1. The summed E-state index contributed by atoms with van der Waals surface area (Å²) < 4.78 is 10.9. The number of carboxylic acids is 1. The molecule has 0 aromatic heterocycles. The van der Waals surface area contributed by atoms with Crippen molar-refractivity contribution in [3.05, 3.63) is 22.8 Å². The number of carbonyl (C=O) groups is 2. The normalized spacial score (nSPS) is 19.0. The van der Waals surface area contributed by atoms with E-state index < -0.39 is 11.5 Å². The molecule has 1 aromatic carbocycles. The van der Waals surface area contributed by atoms with Gasteiger partial charge in [-0.25, -0.2) is 4.79 Å². The lowest BCUT2D eigenvalue weighted by molar-refractivity contribution is -0.148. The Balaban J connectivity index is 2.47. The third-order valence-corrected chi connectivity index (χ3v) is 4.75. The van der Waals surface area contributed by atoms with Crippen LogP contribution in [0.15, 0.2) is 6.07 Å². The van der Waals surface area contributed by atoms with Gasteiger partial charge >= 0.3 is 5.97 Å². The molecule has 138 valence electrons. The van der Waals surface area contributed by atoms with Crippen LogP contribution in [0.4, 0.5) is 0 Å². The Hall–Kier alpha value is -2.28. The molecule has 1 aliphatic carbocycles. The van der Waals surface area contributed by atoms with Crippen molar-refractivity contribution in [1.29, 1.82) is 0 Å². The van der Waals surface area contributed by atoms with Crippen LogP contribution in [-0.4, -0.2) is 50.3 Å². The number of fused-ring (bicyclic) bond motifs is 1. The van der Waals surface area contributed by atoms with Crippen LogP contribution < -0.4 is 20.1 Å². The number of nitrogens with one attached hydrogen (secondary N) is 2. The van der Waals surface area contributed by atoms with Crippen LogP contribution in [0.3, 0.4) is 0 Å². The highest BCUT2D eigenvalue weighted by molar-refractivity contribution is 5.88. The number of hydrogen-bond acceptors (Lipinski definition) is 5. The molecule has 1 amide bonds. The van der Waals surface area contributed by atoms with Crippen molar-refractivity contribution in [2.24, 2.45) is 0 Å². The molecule has 0 radical (unpaired) electrons. The highest BCUT2D eigenvalue weighted by Crippen LogP contribution is 2.41. The summed E-state index contributed by atoms with van der Waals surface area (Å²) in [5.74, 6) is -0.0633. The quantitative estimate of drug-likeness (QED) is 0.676. The van der Waals surface area contributed by atoms with E-state index in [1.165, 1.54) is 0 Å². The molecule has 3 N–H and O–H groups in total. The fourth-order valence-electron chi connectivity index (χ4n) is 3.58. The molecule has 0 fully saturated rings. The largest absolute Gasteiger partial charge is 0.493 e. The van der Waals surface area contributed by atoms with Crippen LogP contribution in [0.25, 0.3) is 0 Å². The predicted molar refractivity (Wildman–Crippen MR) is 93.4 cm³/mol. The summed E-state index contributed by atoms with van der Waals surface area (Å²) in [6.07, 6.45) is 1.88. The minimum atomic E-state index is -1.30. The summed E-state index contributed by atoms with van der Waals surface area (Å²) in [6, 6.07) is 1.83. The fourth-order valence-corrected chi connectivity index (χ4v) is 3.58. The summed E-state index contributed by atoms with van der Waals surface area (Å²) in [5, 5.41) is 15.2. The fraction of sp³-hybridized carbons (Fsp3) is 0.556. The summed E-state index contributed by atoms with van der Waals surface area (Å²) in [6.45, 7) is 2.11. The van der Waals surface area contributed by atoms with Crippen molar-refractivity contribution in [3.63, 3.8) is 0 Å². The number of rotatable bonds is 7. The molecule has 7 nitrogen and oxygen atoms in total. The molecule has 2 rings (SSSR count). The second-order valence-electron chi connectivity index (χ2n) is 6.22. The first kappa shape index (κ1) is 19.1. The van der Waals surface area contributed by atoms with Gasteiger partial charge in [0.25, 0.3) is 0 Å². The number of hydrogen-bond donors (Lipinski definition) is 3. The van der Waals surface area contributed by atoms with Crippen molar-refractivity contribution < 1.29 is 24.2 Å². The van der Waals surface area contributed by atoms with Crippen molar-refractivity contribution in [2.75, 3.05) is 27.8 Å². The third kappa shape index (κ3) is 3.56. The van der Waals surface area contributed by atoms with E-state index in [0.29, 0.717) is 24.3 Å². The molecular weight excluding hydrogens is 324 g/mol. The van der Waals surface area contributed by atoms with Gasteiger partial charge in [-0.1, -0.05) is 6.92 Å². The van der Waals surface area contributed by atoms with E-state index in [1.54, 1.807) is 21.3 Å². The van der Waals surface area contributed by atoms with E-state index in [0.717, 1.165) is 23.1 Å². The molecule has 25 heavy (non-hydrogen) atoms. The van der Waals surface area contributed by atoms with Crippen LogP contribution in [0.5, 0.6) is 11.5 Å². The van der Waals surface area contributed by atoms with Crippen molar-refractivity contribution >= 4 is 11.9 Å². The van der Waals surface area contributed by atoms with Crippen molar-refractivity contribution in [3.8, 4) is 11.5 Å². The number of carboxylic acid groups (broad SMARTS) is 1. The highest BCUT2D eigenvalue weighted by Gasteiger charge is 2.43. The monoisotopic (exact) mass is 350 g/mol. The number of methoxy groups -OCH3 is 2. The highest BCUT2D eigenvalue weighted by atomic mass is 16.5. The van der Waals surface area contributed by atoms with Crippen LogP contribution in [0, 0.1) is 0 Å². The summed E-state index contributed by atoms with van der Waals surface area (Å²) in [5.41, 5.74) is 1.72. The first-order chi connectivity index (χ1) is 11.9. The first-order valence-electron chi connectivity index (χ1n) is 8.37. The number of amides is 1. The second kappa shape index (κ2) is 7.74. The van der Waals surface area contributed by atoms with Crippen LogP contribution in [0.2, 0.25) is 0 Å². The van der Waals surface area contributed by atoms with Gasteiger partial charge in [0, 0.05) is 12.0 Å². The van der Waals surface area contributed by atoms with Gasteiger partial charge in [0.2, 0.25) is 5.91 Å². The molecule has 0 bridgehead atoms. The molecule has 0 spiro atoms. The Morgan fingerprint density at radius 2 is 2.04 bits per heavy atom. The Morgan fingerprint density at radius 3 is 2.56 bits per heavy atom. The number of likely N-dealkylation sites (N-methyl/N-ethyl adjacent to an activating group) is 1. The molecule has 0 saturated heterocycles. The second-order valence-corrected chi connectivity index (χ2v) is 6.22. The van der Waals surface area contributed by atoms with E-state index in [2.05, 4.69) is 10.6 Å². The summed E-state index contributed by atoms with van der Waals surface area (Å²) >= 11 is 0. The summed E-state index contributed by atoms with van der Waals surface area (Å²) in [7, 11) is 4.81. The van der Waals surface area contributed by atoms with Crippen LogP contribution in [0.1, 0.15) is 30.0 Å². The minimum Gasteiger partial charge on any atom is -0.493 e. The Kier molecular flexibility index (Phi) is 5.89. The smallest absolute Gasteiger partial charge is 0.329 e. The summed E-state index contributed by atoms with van der Waals surface area (Å²) in [4.78, 5) is 24.0. The van der Waals surface area contributed by atoms with Gasteiger partial charge in [-0.2, -0.15) is 0 Å². The Labute approximate surface area is 147 Å². The zero-order valence-electron chi connectivity index (χ0n) is 15.2. The van der Waals surface area contributed by atoms with E-state index in [1.807, 2.05) is 13.0 Å². The molecule has 0 saturated carbocycles. The topological polar surface area (TPSA) is 96.9 Å². The van der Waals surface area contributed by atoms with Gasteiger partial charge in [-0.3, -0.25) is 4.79 Å². The first-order valence-corrected chi connectivity index (χ1v) is 8.37. The van der Waals surface area contributed by atoms with E-state index in [-0.39, 0.29) is 18.9 Å². The molecular formula is C18H26N2O5. The van der Waals surface area contributed by atoms with Crippen molar-refractivity contribution in [2.45, 2.75) is 38.1 Å². The van der Waals surface area contributed by atoms with Crippen LogP contribution in [-0.2, 0) is 28.9 Å². The maximum atomic E-state index is 12.0. The van der Waals surface area contributed by atoms with Gasteiger partial charge in [-0.05, 0) is 43.5 Å². The van der Waals surface area contributed by atoms with E-state index in [4.69, 9.17) is 9.47 Å². The van der Waals surface area contributed by atoms with Gasteiger partial charge < -0.3 is 25.2 Å². The van der Waals surface area contributed by atoms with Crippen molar-refractivity contribution in [1.82, 2.24) is 10.6 Å². The molecule has 1 aromatic rings. The lowest BCUT2D eigenvalue weighted by Crippen LogP contribution is -2.59. The van der Waals surface area contributed by atoms with E-state index in [9.17, 15) is 14.7 Å². The number of carbonyl (C=O) groups excluding carboxylic acids is 1. The number of ether oxygens (including phenoxy) is 2. The molecule has 0 heterocycles. The molecule has 0 aliphatic heterocycles. The minimum absolute atomic E-state index is 0.0774. The average molecular weight is 350 g/mol. The Morgan fingerprint density at radius 1 is 1.32 bits per heavy atom. The zero-order valence-corrected chi connectivity index (χ0v) is 15.2. The molecule has 1 aliphatic rings. The predicted octanol–water partition coefficient (Wildman–Crippen LogP) is 0.914. The van der Waals surface area contributed by atoms with E-state index >= 15 is 0 Å². The molecule has 7 heteroatoms. The Bertz CT molecular complexity index is 674. The SMILES string of the molecule is CCc1c2c(cc(OC)c1OC)CC(NC(=O)CNC)(C(=O)O)CC2. The maximum absolute atomic E-state index is 12.0. The van der Waals surface area contributed by atoms with Gasteiger partial charge in [0.05, 0.1) is 20.8 Å². The number of aliphatic carboxylic acids is 1. The zero-order chi connectivity index (χ0) is 18.6. The third-order valence-electron chi connectivity index (χ3n) is 4.75. The molecule has 1 unspecified atom stereocenters.